The van der Waals surface area contributed by atoms with Crippen LogP contribution < -0.4 is 10.2 Å². The van der Waals surface area contributed by atoms with E-state index in [4.69, 9.17) is 4.74 Å². The minimum absolute atomic E-state index is 0.102. The summed E-state index contributed by atoms with van der Waals surface area (Å²) in [5.41, 5.74) is 3.87. The number of amides is 1. The number of piperazine rings is 1. The molecule has 2 aromatic rings. The van der Waals surface area contributed by atoms with E-state index in [1.165, 1.54) is 12.7 Å². The fraction of sp³-hybridized carbons (Fsp3) is 0.462. The molecule has 2 aliphatic rings. The Morgan fingerprint density at radius 2 is 1.69 bits per heavy atom. The zero-order valence-corrected chi connectivity index (χ0v) is 19.1. The first-order valence-electron chi connectivity index (χ1n) is 11.5. The lowest BCUT2D eigenvalue weighted by atomic mass is 9.77. The summed E-state index contributed by atoms with van der Waals surface area (Å²) in [5.74, 6) is -0.0889. The van der Waals surface area contributed by atoms with Crippen LogP contribution in [0.1, 0.15) is 36.8 Å². The first kappa shape index (κ1) is 22.3. The number of carbonyl (C=O) groups excluding carboxylic acids is 2. The van der Waals surface area contributed by atoms with Crippen LogP contribution in [-0.4, -0.2) is 56.6 Å². The minimum atomic E-state index is -0.430. The second kappa shape index (κ2) is 9.74. The van der Waals surface area contributed by atoms with Gasteiger partial charge >= 0.3 is 5.97 Å². The molecule has 0 unspecified atom stereocenters. The molecule has 0 radical (unpaired) electrons. The first-order valence-corrected chi connectivity index (χ1v) is 11.5. The summed E-state index contributed by atoms with van der Waals surface area (Å²) < 4.78 is 4.76. The van der Waals surface area contributed by atoms with Gasteiger partial charge in [0, 0.05) is 37.6 Å². The summed E-state index contributed by atoms with van der Waals surface area (Å²) in [6, 6.07) is 16.5. The molecule has 170 valence electrons. The van der Waals surface area contributed by atoms with Crippen LogP contribution in [0.2, 0.25) is 0 Å². The van der Waals surface area contributed by atoms with Gasteiger partial charge in [-0.25, -0.2) is 0 Å². The minimum Gasteiger partial charge on any atom is -0.468 e. The molecule has 6 nitrogen and oxygen atoms in total. The summed E-state index contributed by atoms with van der Waals surface area (Å²) in [6.07, 6.45) is 3.97. The molecule has 0 aromatic heterocycles. The SMILES string of the molecule is COC(=O)CN1CCN(c2ccc(NC(=O)C3(c4cccc(C)c4)CCCC3)cc2)CC1. The summed E-state index contributed by atoms with van der Waals surface area (Å²) in [4.78, 5) is 29.3. The molecule has 4 rings (SSSR count). The molecule has 1 saturated heterocycles. The Morgan fingerprint density at radius 3 is 2.31 bits per heavy atom. The average molecular weight is 436 g/mol. The predicted molar refractivity (Wildman–Crippen MR) is 127 cm³/mol. The second-order valence-electron chi connectivity index (χ2n) is 9.00. The molecule has 1 amide bonds. The Hall–Kier alpha value is -2.86. The third kappa shape index (κ3) is 4.80. The number of methoxy groups -OCH3 is 1. The number of aryl methyl sites for hydroxylation is 1. The van der Waals surface area contributed by atoms with E-state index in [2.05, 4.69) is 58.4 Å². The Labute approximate surface area is 190 Å². The van der Waals surface area contributed by atoms with Gasteiger partial charge in [0.2, 0.25) is 5.91 Å². The number of nitrogens with zero attached hydrogens (tertiary/aromatic N) is 2. The van der Waals surface area contributed by atoms with E-state index in [-0.39, 0.29) is 11.9 Å². The Kier molecular flexibility index (Phi) is 6.80. The number of ether oxygens (including phenoxy) is 1. The van der Waals surface area contributed by atoms with Crippen molar-refractivity contribution in [2.45, 2.75) is 38.0 Å². The standard InChI is InChI=1S/C26H33N3O3/c1-20-6-5-7-21(18-20)26(12-3-4-13-26)25(31)27-22-8-10-23(11-9-22)29-16-14-28(15-17-29)19-24(30)32-2/h5-11,18H,3-4,12-17,19H2,1-2H3,(H,27,31). The lowest BCUT2D eigenvalue weighted by molar-refractivity contribution is -0.142. The maximum absolute atomic E-state index is 13.4. The van der Waals surface area contributed by atoms with E-state index in [0.29, 0.717) is 6.54 Å². The Morgan fingerprint density at radius 1 is 1.00 bits per heavy atom. The number of rotatable bonds is 6. The van der Waals surface area contributed by atoms with Gasteiger partial charge in [0.05, 0.1) is 19.1 Å². The number of anilines is 2. The smallest absolute Gasteiger partial charge is 0.319 e. The number of esters is 1. The van der Waals surface area contributed by atoms with Crippen molar-refractivity contribution in [3.05, 3.63) is 59.7 Å². The summed E-state index contributed by atoms with van der Waals surface area (Å²) in [7, 11) is 1.42. The maximum Gasteiger partial charge on any atom is 0.319 e. The molecule has 6 heteroatoms. The number of hydrogen-bond acceptors (Lipinski definition) is 5. The van der Waals surface area contributed by atoms with Crippen molar-refractivity contribution >= 4 is 23.3 Å². The topological polar surface area (TPSA) is 61.9 Å². The summed E-state index contributed by atoms with van der Waals surface area (Å²) >= 11 is 0. The number of benzene rings is 2. The van der Waals surface area contributed by atoms with Crippen LogP contribution in [-0.2, 0) is 19.7 Å². The van der Waals surface area contributed by atoms with Crippen molar-refractivity contribution in [2.75, 3.05) is 50.1 Å². The van der Waals surface area contributed by atoms with Gasteiger partial charge in [-0.2, -0.15) is 0 Å². The molecule has 2 fully saturated rings. The van der Waals surface area contributed by atoms with Crippen LogP contribution in [0.15, 0.2) is 48.5 Å². The van der Waals surface area contributed by atoms with Crippen LogP contribution in [0.25, 0.3) is 0 Å². The molecule has 32 heavy (non-hydrogen) atoms. The molecule has 1 N–H and O–H groups in total. The van der Waals surface area contributed by atoms with E-state index < -0.39 is 5.41 Å². The summed E-state index contributed by atoms with van der Waals surface area (Å²) in [5, 5.41) is 3.19. The van der Waals surface area contributed by atoms with Gasteiger partial charge in [-0.05, 0) is 49.6 Å². The molecule has 2 aromatic carbocycles. The number of hydrogen-bond donors (Lipinski definition) is 1. The van der Waals surface area contributed by atoms with E-state index >= 15 is 0 Å². The van der Waals surface area contributed by atoms with Gasteiger partial charge in [-0.3, -0.25) is 14.5 Å². The van der Waals surface area contributed by atoms with Crippen LogP contribution in [0.3, 0.4) is 0 Å². The maximum atomic E-state index is 13.4. The van der Waals surface area contributed by atoms with Crippen molar-refractivity contribution in [3.63, 3.8) is 0 Å². The Bertz CT molecular complexity index is 943. The van der Waals surface area contributed by atoms with Crippen LogP contribution in [0.5, 0.6) is 0 Å². The fourth-order valence-electron chi connectivity index (χ4n) is 4.99. The molecule has 0 bridgehead atoms. The monoisotopic (exact) mass is 435 g/mol. The highest BCUT2D eigenvalue weighted by molar-refractivity contribution is 5.99. The summed E-state index contributed by atoms with van der Waals surface area (Å²) in [6.45, 7) is 5.80. The molecule has 0 atom stereocenters. The zero-order valence-electron chi connectivity index (χ0n) is 19.1. The first-order chi connectivity index (χ1) is 15.5. The largest absolute Gasteiger partial charge is 0.468 e. The molecular weight excluding hydrogens is 402 g/mol. The molecule has 1 saturated carbocycles. The quantitative estimate of drug-likeness (QED) is 0.701. The van der Waals surface area contributed by atoms with Crippen molar-refractivity contribution in [2.24, 2.45) is 0 Å². The van der Waals surface area contributed by atoms with Crippen molar-refractivity contribution < 1.29 is 14.3 Å². The van der Waals surface area contributed by atoms with E-state index in [1.807, 2.05) is 12.1 Å². The third-order valence-corrected chi connectivity index (χ3v) is 6.91. The number of carbonyl (C=O) groups is 2. The Balaban J connectivity index is 1.39. The average Bonchev–Trinajstić information content (AvgIpc) is 3.32. The van der Waals surface area contributed by atoms with Crippen molar-refractivity contribution in [1.29, 1.82) is 0 Å². The van der Waals surface area contributed by atoms with Gasteiger partial charge in [0.1, 0.15) is 0 Å². The molecular formula is C26H33N3O3. The normalized spacial score (nSPS) is 18.4. The van der Waals surface area contributed by atoms with Crippen molar-refractivity contribution in [1.82, 2.24) is 4.90 Å². The lowest BCUT2D eigenvalue weighted by Crippen LogP contribution is -2.48. The lowest BCUT2D eigenvalue weighted by Gasteiger charge is -2.35. The van der Waals surface area contributed by atoms with Crippen LogP contribution in [0.4, 0.5) is 11.4 Å². The zero-order chi connectivity index (χ0) is 22.6. The third-order valence-electron chi connectivity index (χ3n) is 6.91. The highest BCUT2D eigenvalue weighted by Gasteiger charge is 2.42. The van der Waals surface area contributed by atoms with E-state index in [9.17, 15) is 9.59 Å². The van der Waals surface area contributed by atoms with Gasteiger partial charge in [0.25, 0.3) is 0 Å². The van der Waals surface area contributed by atoms with Crippen molar-refractivity contribution in [3.8, 4) is 0 Å². The van der Waals surface area contributed by atoms with Gasteiger partial charge in [-0.1, -0.05) is 42.7 Å². The second-order valence-corrected chi connectivity index (χ2v) is 9.00. The van der Waals surface area contributed by atoms with Crippen LogP contribution in [0, 0.1) is 6.92 Å². The number of nitrogens with one attached hydrogen (secondary N) is 1. The van der Waals surface area contributed by atoms with Gasteiger partial charge in [0.15, 0.2) is 0 Å². The van der Waals surface area contributed by atoms with Gasteiger partial charge < -0.3 is 15.0 Å². The highest BCUT2D eigenvalue weighted by Crippen LogP contribution is 2.42. The predicted octanol–water partition coefficient (Wildman–Crippen LogP) is 3.74. The van der Waals surface area contributed by atoms with Crippen LogP contribution >= 0.6 is 0 Å². The molecule has 1 aliphatic carbocycles. The molecule has 0 spiro atoms. The van der Waals surface area contributed by atoms with Gasteiger partial charge in [-0.15, -0.1) is 0 Å². The van der Waals surface area contributed by atoms with E-state index in [0.717, 1.165) is 68.8 Å². The fourth-order valence-corrected chi connectivity index (χ4v) is 4.99. The van der Waals surface area contributed by atoms with E-state index in [1.54, 1.807) is 0 Å². The molecule has 1 aliphatic heterocycles. The highest BCUT2D eigenvalue weighted by atomic mass is 16.5. The molecule has 1 heterocycles.